The van der Waals surface area contributed by atoms with Gasteiger partial charge in [-0.1, -0.05) is 11.8 Å². The van der Waals surface area contributed by atoms with Crippen LogP contribution in [0.4, 0.5) is 11.4 Å². The van der Waals surface area contributed by atoms with E-state index in [1.807, 2.05) is 24.0 Å². The zero-order valence-corrected chi connectivity index (χ0v) is 19.4. The summed E-state index contributed by atoms with van der Waals surface area (Å²) in [4.78, 5) is 31.0. The molecule has 2 aliphatic rings. The third-order valence-electron chi connectivity index (χ3n) is 5.31. The maximum absolute atomic E-state index is 12.2. The SMILES string of the molecule is CCN(CC)c1ccc(N2C(=NC(=O)COCC(=O)O)S[C@H]3CS(=O)(=O)C[C@H]32)c(C)c1. The molecule has 0 aromatic heterocycles. The van der Waals surface area contributed by atoms with Gasteiger partial charge in [0, 0.05) is 29.7 Å². The Labute approximate surface area is 186 Å². The summed E-state index contributed by atoms with van der Waals surface area (Å²) in [5, 5.41) is 8.86. The lowest BCUT2D eigenvalue weighted by Gasteiger charge is -2.28. The number of anilines is 2. The van der Waals surface area contributed by atoms with Gasteiger partial charge in [0.25, 0.3) is 5.91 Å². The topological polar surface area (TPSA) is 117 Å². The highest BCUT2D eigenvalue weighted by Crippen LogP contribution is 2.42. The maximum Gasteiger partial charge on any atom is 0.329 e. The molecule has 2 atom stereocenters. The number of carboxylic acids is 1. The molecule has 1 aromatic carbocycles. The molecule has 0 radical (unpaired) electrons. The van der Waals surface area contributed by atoms with Gasteiger partial charge in [-0.25, -0.2) is 13.2 Å². The number of hydrogen-bond donors (Lipinski definition) is 1. The van der Waals surface area contributed by atoms with Crippen LogP contribution in [0.1, 0.15) is 19.4 Å². The van der Waals surface area contributed by atoms with E-state index in [2.05, 4.69) is 29.8 Å². The van der Waals surface area contributed by atoms with E-state index < -0.39 is 34.9 Å². The van der Waals surface area contributed by atoms with Gasteiger partial charge in [-0.3, -0.25) is 4.79 Å². The van der Waals surface area contributed by atoms with E-state index >= 15 is 0 Å². The van der Waals surface area contributed by atoms with Crippen molar-refractivity contribution in [2.24, 2.45) is 4.99 Å². The quantitative estimate of drug-likeness (QED) is 0.605. The molecule has 9 nitrogen and oxygen atoms in total. The number of sulfone groups is 1. The number of nitrogens with zero attached hydrogens (tertiary/aromatic N) is 3. The number of carbonyl (C=O) groups is 2. The molecule has 2 saturated heterocycles. The minimum atomic E-state index is -3.16. The van der Waals surface area contributed by atoms with Gasteiger partial charge in [-0.15, -0.1) is 0 Å². The number of benzene rings is 1. The number of fused-ring (bicyclic) bond motifs is 1. The number of amidine groups is 1. The highest BCUT2D eigenvalue weighted by Gasteiger charge is 2.49. The number of amides is 1. The molecule has 2 fully saturated rings. The van der Waals surface area contributed by atoms with Crippen molar-refractivity contribution in [3.63, 3.8) is 0 Å². The van der Waals surface area contributed by atoms with E-state index in [4.69, 9.17) is 9.84 Å². The molecule has 0 aliphatic carbocycles. The van der Waals surface area contributed by atoms with Crippen molar-refractivity contribution in [3.8, 4) is 0 Å². The average molecular weight is 470 g/mol. The highest BCUT2D eigenvalue weighted by atomic mass is 32.2. The van der Waals surface area contributed by atoms with Crippen LogP contribution in [0.2, 0.25) is 0 Å². The summed E-state index contributed by atoms with van der Waals surface area (Å²) in [6.45, 7) is 6.84. The first kappa shape index (κ1) is 23.6. The van der Waals surface area contributed by atoms with Gasteiger partial charge in [0.2, 0.25) is 0 Å². The second-order valence-electron chi connectivity index (χ2n) is 7.49. The highest BCUT2D eigenvalue weighted by molar-refractivity contribution is 8.16. The van der Waals surface area contributed by atoms with E-state index in [-0.39, 0.29) is 22.8 Å². The van der Waals surface area contributed by atoms with Crippen LogP contribution in [0.15, 0.2) is 23.2 Å². The van der Waals surface area contributed by atoms with Crippen LogP contribution in [0.5, 0.6) is 0 Å². The summed E-state index contributed by atoms with van der Waals surface area (Å²) < 4.78 is 29.3. The van der Waals surface area contributed by atoms with Crippen LogP contribution in [-0.2, 0) is 24.2 Å². The lowest BCUT2D eigenvalue weighted by molar-refractivity contribution is -0.143. The van der Waals surface area contributed by atoms with Crippen molar-refractivity contribution >= 4 is 50.0 Å². The zero-order chi connectivity index (χ0) is 22.8. The van der Waals surface area contributed by atoms with Crippen LogP contribution in [0.3, 0.4) is 0 Å². The van der Waals surface area contributed by atoms with E-state index in [0.29, 0.717) is 5.17 Å². The first-order chi connectivity index (χ1) is 14.6. The van der Waals surface area contributed by atoms with Crippen molar-refractivity contribution in [1.29, 1.82) is 0 Å². The zero-order valence-electron chi connectivity index (χ0n) is 17.8. The molecule has 1 N–H and O–H groups in total. The number of carbonyl (C=O) groups excluding carboxylic acids is 1. The number of ether oxygens (including phenoxy) is 1. The second kappa shape index (κ2) is 9.58. The van der Waals surface area contributed by atoms with Gasteiger partial charge in [-0.05, 0) is 44.5 Å². The molecule has 2 aliphatic heterocycles. The molecule has 0 spiro atoms. The molecule has 31 heavy (non-hydrogen) atoms. The second-order valence-corrected chi connectivity index (χ2v) is 10.8. The fourth-order valence-electron chi connectivity index (χ4n) is 3.91. The standard InChI is InChI=1S/C20H27N3O6S2/c1-4-22(5-2)14-6-7-15(13(3)8-14)23-16-11-31(27,28)12-17(16)30-20(23)21-18(24)9-29-10-19(25)26/h6-8,16-17H,4-5,9-12H2,1-3H3,(H,25,26)/t16-,17+/m1/s1. The first-order valence-electron chi connectivity index (χ1n) is 10.1. The summed E-state index contributed by atoms with van der Waals surface area (Å²) in [6, 6.07) is 5.68. The number of aliphatic carboxylic acids is 1. The molecule has 1 amide bonds. The van der Waals surface area contributed by atoms with Crippen LogP contribution < -0.4 is 9.80 Å². The van der Waals surface area contributed by atoms with Crippen molar-refractivity contribution in [2.45, 2.75) is 32.1 Å². The number of rotatable bonds is 8. The Hall–Kier alpha value is -2.11. The molecule has 0 unspecified atom stereocenters. The Kier molecular flexibility index (Phi) is 7.28. The summed E-state index contributed by atoms with van der Waals surface area (Å²) in [7, 11) is -3.16. The largest absolute Gasteiger partial charge is 0.480 e. The molecule has 11 heteroatoms. The predicted octanol–water partition coefficient (Wildman–Crippen LogP) is 1.54. The monoisotopic (exact) mass is 469 g/mol. The molecule has 2 heterocycles. The number of aliphatic imine (C=N–C) groups is 1. The Morgan fingerprint density at radius 1 is 1.26 bits per heavy atom. The number of thioether (sulfide) groups is 1. The van der Waals surface area contributed by atoms with E-state index in [0.717, 1.165) is 30.0 Å². The Morgan fingerprint density at radius 2 is 1.97 bits per heavy atom. The fourth-order valence-corrected chi connectivity index (χ4v) is 7.83. The number of carboxylic acid groups (broad SMARTS) is 1. The van der Waals surface area contributed by atoms with Gasteiger partial charge < -0.3 is 19.6 Å². The maximum atomic E-state index is 12.2. The van der Waals surface area contributed by atoms with Gasteiger partial charge in [0.05, 0.1) is 17.5 Å². The number of hydrogen-bond acceptors (Lipinski definition) is 7. The van der Waals surface area contributed by atoms with Crippen LogP contribution in [0, 0.1) is 6.92 Å². The lowest BCUT2D eigenvalue weighted by atomic mass is 10.1. The van der Waals surface area contributed by atoms with Crippen molar-refractivity contribution in [3.05, 3.63) is 23.8 Å². The summed E-state index contributed by atoms with van der Waals surface area (Å²) in [5.74, 6) is -1.72. The van der Waals surface area contributed by atoms with Crippen LogP contribution in [0.25, 0.3) is 0 Å². The molecule has 170 valence electrons. The van der Waals surface area contributed by atoms with Gasteiger partial charge in [-0.2, -0.15) is 4.99 Å². The van der Waals surface area contributed by atoms with Gasteiger partial charge in [0.1, 0.15) is 13.2 Å². The fraction of sp³-hybridized carbons (Fsp3) is 0.550. The van der Waals surface area contributed by atoms with Crippen LogP contribution in [-0.4, -0.2) is 79.7 Å². The molecular weight excluding hydrogens is 442 g/mol. The third-order valence-corrected chi connectivity index (χ3v) is 8.52. The third kappa shape index (κ3) is 5.39. The Balaban J connectivity index is 1.92. The molecule has 3 rings (SSSR count). The van der Waals surface area contributed by atoms with Gasteiger partial charge in [0.15, 0.2) is 15.0 Å². The van der Waals surface area contributed by atoms with Gasteiger partial charge >= 0.3 is 5.97 Å². The normalized spacial score (nSPS) is 23.2. The van der Waals surface area contributed by atoms with Crippen molar-refractivity contribution < 1.29 is 27.9 Å². The molecular formula is C20H27N3O6S2. The summed E-state index contributed by atoms with van der Waals surface area (Å²) in [6.07, 6.45) is 0. The smallest absolute Gasteiger partial charge is 0.329 e. The number of aryl methyl sites for hydroxylation is 1. The molecule has 1 aromatic rings. The van der Waals surface area contributed by atoms with E-state index in [9.17, 15) is 18.0 Å². The van der Waals surface area contributed by atoms with Crippen LogP contribution >= 0.6 is 11.8 Å². The average Bonchev–Trinajstić information content (AvgIpc) is 3.13. The molecule has 0 saturated carbocycles. The molecule has 0 bridgehead atoms. The first-order valence-corrected chi connectivity index (χ1v) is 12.8. The Morgan fingerprint density at radius 3 is 2.58 bits per heavy atom. The minimum absolute atomic E-state index is 0.00459. The van der Waals surface area contributed by atoms with Crippen molar-refractivity contribution in [1.82, 2.24) is 0 Å². The van der Waals surface area contributed by atoms with E-state index in [1.54, 1.807) is 0 Å². The minimum Gasteiger partial charge on any atom is -0.480 e. The predicted molar refractivity (Wildman–Crippen MR) is 122 cm³/mol. The van der Waals surface area contributed by atoms with Crippen molar-refractivity contribution in [2.75, 3.05) is 47.6 Å². The summed E-state index contributed by atoms with van der Waals surface area (Å²) in [5.41, 5.74) is 2.84. The Bertz CT molecular complexity index is 991. The summed E-state index contributed by atoms with van der Waals surface area (Å²) >= 11 is 1.28. The van der Waals surface area contributed by atoms with E-state index in [1.165, 1.54) is 11.8 Å². The lowest BCUT2D eigenvalue weighted by Crippen LogP contribution is -2.38.